The molecular formula is C21H30F3N3O. The van der Waals surface area contributed by atoms with E-state index < -0.39 is 11.7 Å². The van der Waals surface area contributed by atoms with E-state index in [1.807, 2.05) is 0 Å². The van der Waals surface area contributed by atoms with Gasteiger partial charge in [-0.1, -0.05) is 37.8 Å². The van der Waals surface area contributed by atoms with Crippen LogP contribution in [0, 0.1) is 0 Å². The number of likely N-dealkylation sites (tertiary alicyclic amines) is 1. The van der Waals surface area contributed by atoms with Crippen LogP contribution in [0.5, 0.6) is 0 Å². The van der Waals surface area contributed by atoms with Crippen LogP contribution in [-0.4, -0.2) is 36.1 Å². The molecule has 0 bridgehead atoms. The number of benzene rings is 1. The van der Waals surface area contributed by atoms with Gasteiger partial charge in [-0.15, -0.1) is 0 Å². The van der Waals surface area contributed by atoms with Gasteiger partial charge in [0.05, 0.1) is 5.56 Å². The van der Waals surface area contributed by atoms with Crippen LogP contribution in [0.4, 0.5) is 18.0 Å². The number of hydrogen-bond acceptors (Lipinski definition) is 2. The van der Waals surface area contributed by atoms with Gasteiger partial charge in [0.15, 0.2) is 0 Å². The van der Waals surface area contributed by atoms with E-state index in [0.717, 1.165) is 38.1 Å². The van der Waals surface area contributed by atoms with Crippen LogP contribution in [0.2, 0.25) is 0 Å². The predicted octanol–water partition coefficient (Wildman–Crippen LogP) is 4.69. The lowest BCUT2D eigenvalue weighted by atomic mass is 9.79. The van der Waals surface area contributed by atoms with Gasteiger partial charge in [0, 0.05) is 18.6 Å². The van der Waals surface area contributed by atoms with Crippen molar-refractivity contribution in [1.82, 2.24) is 15.5 Å². The topological polar surface area (TPSA) is 44.4 Å². The van der Waals surface area contributed by atoms with Gasteiger partial charge < -0.3 is 10.6 Å². The highest BCUT2D eigenvalue weighted by atomic mass is 19.4. The first-order valence-corrected chi connectivity index (χ1v) is 10.3. The van der Waals surface area contributed by atoms with Gasteiger partial charge in [0.1, 0.15) is 0 Å². The number of nitrogens with zero attached hydrogens (tertiary/aromatic N) is 1. The molecule has 1 aromatic carbocycles. The quantitative estimate of drug-likeness (QED) is 0.757. The molecule has 0 unspecified atom stereocenters. The van der Waals surface area contributed by atoms with Gasteiger partial charge in [-0.2, -0.15) is 13.2 Å². The molecule has 4 nitrogen and oxygen atoms in total. The minimum atomic E-state index is -4.37. The Morgan fingerprint density at radius 1 is 1.00 bits per heavy atom. The summed E-state index contributed by atoms with van der Waals surface area (Å²) in [4.78, 5) is 14.9. The lowest BCUT2D eigenvalue weighted by molar-refractivity contribution is -0.137. The monoisotopic (exact) mass is 397 g/mol. The van der Waals surface area contributed by atoms with Crippen LogP contribution in [-0.2, 0) is 12.7 Å². The fraction of sp³-hybridized carbons (Fsp3) is 0.667. The second-order valence-electron chi connectivity index (χ2n) is 8.07. The fourth-order valence-corrected chi connectivity index (χ4v) is 4.53. The summed E-state index contributed by atoms with van der Waals surface area (Å²) in [6, 6.07) is 4.75. The molecule has 0 aromatic heterocycles. The van der Waals surface area contributed by atoms with Crippen molar-refractivity contribution in [3.8, 4) is 0 Å². The Morgan fingerprint density at radius 2 is 1.68 bits per heavy atom. The highest BCUT2D eigenvalue weighted by Crippen LogP contribution is 2.35. The Morgan fingerprint density at radius 3 is 2.36 bits per heavy atom. The molecular weight excluding hydrogens is 367 g/mol. The molecule has 1 aliphatic carbocycles. The molecule has 2 amide bonds. The van der Waals surface area contributed by atoms with Gasteiger partial charge >= 0.3 is 12.2 Å². The van der Waals surface area contributed by atoms with E-state index in [-0.39, 0.29) is 18.1 Å². The predicted molar refractivity (Wildman–Crippen MR) is 103 cm³/mol. The summed E-state index contributed by atoms with van der Waals surface area (Å²) >= 11 is 0. The molecule has 7 heteroatoms. The number of carbonyl (C=O) groups is 1. The van der Waals surface area contributed by atoms with E-state index in [2.05, 4.69) is 15.5 Å². The Bertz CT molecular complexity index is 651. The van der Waals surface area contributed by atoms with E-state index in [1.54, 1.807) is 6.07 Å². The Kier molecular flexibility index (Phi) is 6.86. The lowest BCUT2D eigenvalue weighted by Crippen LogP contribution is -2.58. The molecule has 156 valence electrons. The van der Waals surface area contributed by atoms with Crippen molar-refractivity contribution in [2.75, 3.05) is 19.6 Å². The number of carbonyl (C=O) groups excluding carboxylic acids is 1. The van der Waals surface area contributed by atoms with Crippen LogP contribution in [0.3, 0.4) is 0 Å². The van der Waals surface area contributed by atoms with Gasteiger partial charge in [-0.25, -0.2) is 4.79 Å². The minimum absolute atomic E-state index is 0.0339. The van der Waals surface area contributed by atoms with Crippen molar-refractivity contribution in [2.45, 2.75) is 69.6 Å². The van der Waals surface area contributed by atoms with E-state index in [1.165, 1.54) is 44.6 Å². The average molecular weight is 397 g/mol. The van der Waals surface area contributed by atoms with Crippen molar-refractivity contribution in [1.29, 1.82) is 0 Å². The summed E-state index contributed by atoms with van der Waals surface area (Å²) in [6.45, 7) is 2.86. The Balaban J connectivity index is 1.53. The number of piperidine rings is 1. The van der Waals surface area contributed by atoms with Gasteiger partial charge in [0.2, 0.25) is 0 Å². The third-order valence-corrected chi connectivity index (χ3v) is 6.10. The summed E-state index contributed by atoms with van der Waals surface area (Å²) in [5.41, 5.74) is -0.224. The number of alkyl halides is 3. The van der Waals surface area contributed by atoms with Crippen molar-refractivity contribution in [3.63, 3.8) is 0 Å². The molecule has 0 spiro atoms. The molecule has 1 saturated heterocycles. The van der Waals surface area contributed by atoms with Crippen LogP contribution < -0.4 is 10.6 Å². The van der Waals surface area contributed by atoms with Crippen molar-refractivity contribution in [3.05, 3.63) is 35.4 Å². The van der Waals surface area contributed by atoms with Crippen LogP contribution in [0.1, 0.15) is 62.5 Å². The number of halogens is 3. The second kappa shape index (κ2) is 9.16. The molecule has 28 heavy (non-hydrogen) atoms. The molecule has 0 atom stereocenters. The number of rotatable bonds is 5. The molecule has 3 rings (SSSR count). The molecule has 2 N–H and O–H groups in total. The number of nitrogens with one attached hydrogen (secondary N) is 2. The second-order valence-corrected chi connectivity index (χ2v) is 8.07. The molecule has 0 radical (unpaired) electrons. The first kappa shape index (κ1) is 21.0. The van der Waals surface area contributed by atoms with Crippen LogP contribution >= 0.6 is 0 Å². The maximum atomic E-state index is 12.8. The molecule has 1 heterocycles. The smallest absolute Gasteiger partial charge is 0.336 e. The van der Waals surface area contributed by atoms with E-state index in [0.29, 0.717) is 12.1 Å². The minimum Gasteiger partial charge on any atom is -0.336 e. The third-order valence-electron chi connectivity index (χ3n) is 6.10. The fourth-order valence-electron chi connectivity index (χ4n) is 4.53. The Hall–Kier alpha value is -1.76. The normalized spacial score (nSPS) is 20.5. The maximum Gasteiger partial charge on any atom is 0.416 e. The van der Waals surface area contributed by atoms with E-state index in [9.17, 15) is 18.0 Å². The van der Waals surface area contributed by atoms with Crippen molar-refractivity contribution < 1.29 is 18.0 Å². The standard InChI is InChI=1S/C21H30F3N3O/c22-21(23,24)18-9-7-8-17(14-18)15-25-19(28)26-16-20(10-3-1-4-11-20)27-12-5-2-6-13-27/h7-9,14H,1-6,10-13,15-16H2,(H2,25,26,28). The third kappa shape index (κ3) is 5.40. The van der Waals surface area contributed by atoms with E-state index >= 15 is 0 Å². The number of hydrogen-bond donors (Lipinski definition) is 2. The lowest BCUT2D eigenvalue weighted by Gasteiger charge is -2.48. The van der Waals surface area contributed by atoms with Gasteiger partial charge in [-0.05, 0) is 56.5 Å². The van der Waals surface area contributed by atoms with Crippen molar-refractivity contribution in [2.24, 2.45) is 0 Å². The summed E-state index contributed by atoms with van der Waals surface area (Å²) in [7, 11) is 0. The largest absolute Gasteiger partial charge is 0.416 e. The van der Waals surface area contributed by atoms with Crippen LogP contribution in [0.25, 0.3) is 0 Å². The Labute approximate surface area is 164 Å². The van der Waals surface area contributed by atoms with Gasteiger partial charge in [0.25, 0.3) is 0 Å². The summed E-state index contributed by atoms with van der Waals surface area (Å²) < 4.78 is 38.4. The molecule has 2 fully saturated rings. The zero-order chi connectivity index (χ0) is 20.0. The van der Waals surface area contributed by atoms with Crippen LogP contribution in [0.15, 0.2) is 24.3 Å². The molecule has 2 aliphatic rings. The van der Waals surface area contributed by atoms with E-state index in [4.69, 9.17) is 0 Å². The summed E-state index contributed by atoms with van der Waals surface area (Å²) in [5.74, 6) is 0. The SMILES string of the molecule is O=C(NCc1cccc(C(F)(F)F)c1)NCC1(N2CCCCC2)CCCCC1. The summed E-state index contributed by atoms with van der Waals surface area (Å²) in [6.07, 6.45) is 5.14. The number of amides is 2. The van der Waals surface area contributed by atoms with Gasteiger partial charge in [-0.3, -0.25) is 4.90 Å². The molecule has 1 saturated carbocycles. The first-order chi connectivity index (χ1) is 13.4. The number of urea groups is 1. The highest BCUT2D eigenvalue weighted by Gasteiger charge is 2.38. The highest BCUT2D eigenvalue weighted by molar-refractivity contribution is 5.73. The van der Waals surface area contributed by atoms with Crippen molar-refractivity contribution >= 4 is 6.03 Å². The average Bonchev–Trinajstić information content (AvgIpc) is 2.72. The molecule has 1 aliphatic heterocycles. The zero-order valence-corrected chi connectivity index (χ0v) is 16.3. The molecule has 1 aromatic rings. The maximum absolute atomic E-state index is 12.8. The zero-order valence-electron chi connectivity index (χ0n) is 16.3. The first-order valence-electron chi connectivity index (χ1n) is 10.3. The summed E-state index contributed by atoms with van der Waals surface area (Å²) in [5, 5.41) is 5.69.